The molecule has 0 spiro atoms. The molecule has 0 aliphatic rings. The highest BCUT2D eigenvalue weighted by atomic mass is 15.1. The van der Waals surface area contributed by atoms with Gasteiger partial charge in [0.05, 0.1) is 5.69 Å². The SMILES string of the molecule is Cc1[nH]nc2nc(CN)ccc12. The van der Waals surface area contributed by atoms with Gasteiger partial charge in [-0.15, -0.1) is 0 Å². The van der Waals surface area contributed by atoms with Gasteiger partial charge in [-0.2, -0.15) is 5.10 Å². The fourth-order valence-electron chi connectivity index (χ4n) is 1.18. The molecule has 0 aliphatic heterocycles. The van der Waals surface area contributed by atoms with Crippen LogP contribution < -0.4 is 5.73 Å². The Morgan fingerprint density at radius 1 is 1.50 bits per heavy atom. The molecule has 3 N–H and O–H groups in total. The van der Waals surface area contributed by atoms with Crippen molar-refractivity contribution in [2.45, 2.75) is 13.5 Å². The Kier molecular flexibility index (Phi) is 1.55. The van der Waals surface area contributed by atoms with Gasteiger partial charge in [0.2, 0.25) is 0 Å². The molecule has 0 saturated heterocycles. The zero-order chi connectivity index (χ0) is 8.55. The minimum absolute atomic E-state index is 0.460. The van der Waals surface area contributed by atoms with E-state index in [-0.39, 0.29) is 0 Å². The summed E-state index contributed by atoms with van der Waals surface area (Å²) in [7, 11) is 0. The van der Waals surface area contributed by atoms with E-state index in [1.54, 1.807) is 0 Å². The van der Waals surface area contributed by atoms with Crippen LogP contribution in [0.2, 0.25) is 0 Å². The van der Waals surface area contributed by atoms with Crippen molar-refractivity contribution < 1.29 is 0 Å². The number of hydrogen-bond acceptors (Lipinski definition) is 3. The van der Waals surface area contributed by atoms with Gasteiger partial charge in [-0.1, -0.05) is 0 Å². The van der Waals surface area contributed by atoms with Gasteiger partial charge in [-0.25, -0.2) is 4.98 Å². The summed E-state index contributed by atoms with van der Waals surface area (Å²) in [5.74, 6) is 0. The minimum Gasteiger partial charge on any atom is -0.325 e. The largest absolute Gasteiger partial charge is 0.325 e. The highest BCUT2D eigenvalue weighted by Crippen LogP contribution is 2.12. The first kappa shape index (κ1) is 7.24. The molecule has 0 amide bonds. The molecular formula is C8H10N4. The predicted octanol–water partition coefficient (Wildman–Crippen LogP) is 0.725. The quantitative estimate of drug-likeness (QED) is 0.649. The molecule has 2 aromatic heterocycles. The van der Waals surface area contributed by atoms with Gasteiger partial charge in [-0.3, -0.25) is 5.10 Å². The van der Waals surface area contributed by atoms with E-state index in [1.165, 1.54) is 0 Å². The second-order valence-electron chi connectivity index (χ2n) is 2.73. The van der Waals surface area contributed by atoms with Crippen LogP contribution in [0.15, 0.2) is 12.1 Å². The highest BCUT2D eigenvalue weighted by Gasteiger charge is 2.01. The number of rotatable bonds is 1. The zero-order valence-electron chi connectivity index (χ0n) is 6.83. The molecule has 2 rings (SSSR count). The van der Waals surface area contributed by atoms with Crippen LogP contribution in [0.1, 0.15) is 11.4 Å². The van der Waals surface area contributed by atoms with Crippen LogP contribution in [0.25, 0.3) is 11.0 Å². The molecular weight excluding hydrogens is 152 g/mol. The summed E-state index contributed by atoms with van der Waals surface area (Å²) in [6.45, 7) is 2.43. The Bertz CT molecular complexity index is 404. The van der Waals surface area contributed by atoms with Crippen molar-refractivity contribution in [3.05, 3.63) is 23.5 Å². The number of hydrogen-bond donors (Lipinski definition) is 2. The standard InChI is InChI=1S/C8H10N4/c1-5-7-3-2-6(4-9)10-8(7)12-11-5/h2-3H,4,9H2,1H3,(H,10,11,12). The van der Waals surface area contributed by atoms with Crippen molar-refractivity contribution in [2.75, 3.05) is 0 Å². The van der Waals surface area contributed by atoms with E-state index < -0.39 is 0 Å². The Morgan fingerprint density at radius 3 is 3.08 bits per heavy atom. The van der Waals surface area contributed by atoms with Crippen molar-refractivity contribution in [1.29, 1.82) is 0 Å². The number of pyridine rings is 1. The van der Waals surface area contributed by atoms with Gasteiger partial charge in [0.15, 0.2) is 5.65 Å². The number of nitrogens with one attached hydrogen (secondary N) is 1. The molecule has 62 valence electrons. The fraction of sp³-hybridized carbons (Fsp3) is 0.250. The maximum atomic E-state index is 5.45. The van der Waals surface area contributed by atoms with Gasteiger partial charge in [0, 0.05) is 17.6 Å². The first-order valence-corrected chi connectivity index (χ1v) is 3.82. The third-order valence-corrected chi connectivity index (χ3v) is 1.88. The van der Waals surface area contributed by atoms with Crippen molar-refractivity contribution in [3.63, 3.8) is 0 Å². The lowest BCUT2D eigenvalue weighted by Gasteiger charge is -1.93. The first-order valence-electron chi connectivity index (χ1n) is 3.82. The Hall–Kier alpha value is -1.42. The van der Waals surface area contributed by atoms with Gasteiger partial charge >= 0.3 is 0 Å². The van der Waals surface area contributed by atoms with Gasteiger partial charge < -0.3 is 5.73 Å². The molecule has 0 unspecified atom stereocenters. The summed E-state index contributed by atoms with van der Waals surface area (Å²) in [5.41, 5.74) is 8.11. The highest BCUT2D eigenvalue weighted by molar-refractivity contribution is 5.77. The third-order valence-electron chi connectivity index (χ3n) is 1.88. The lowest BCUT2D eigenvalue weighted by atomic mass is 10.2. The number of fused-ring (bicyclic) bond motifs is 1. The average Bonchev–Trinajstić information content (AvgIpc) is 2.47. The topological polar surface area (TPSA) is 67.6 Å². The summed E-state index contributed by atoms with van der Waals surface area (Å²) in [4.78, 5) is 4.25. The van der Waals surface area contributed by atoms with Crippen LogP contribution in [0.5, 0.6) is 0 Å². The number of nitrogens with zero attached hydrogens (tertiary/aromatic N) is 2. The molecule has 0 saturated carbocycles. The number of nitrogens with two attached hydrogens (primary N) is 1. The molecule has 2 aromatic rings. The second-order valence-corrected chi connectivity index (χ2v) is 2.73. The van der Waals surface area contributed by atoms with E-state index in [2.05, 4.69) is 15.2 Å². The summed E-state index contributed by atoms with van der Waals surface area (Å²) >= 11 is 0. The molecule has 2 heterocycles. The van der Waals surface area contributed by atoms with Gasteiger partial charge in [0.1, 0.15) is 0 Å². The molecule has 4 heteroatoms. The maximum absolute atomic E-state index is 5.45. The van der Waals surface area contributed by atoms with Crippen LogP contribution in [0.4, 0.5) is 0 Å². The Balaban J connectivity index is 2.69. The van der Waals surface area contributed by atoms with E-state index >= 15 is 0 Å². The van der Waals surface area contributed by atoms with Gasteiger partial charge in [0.25, 0.3) is 0 Å². The first-order chi connectivity index (χ1) is 5.81. The Morgan fingerprint density at radius 2 is 2.33 bits per heavy atom. The molecule has 0 fully saturated rings. The van der Waals surface area contributed by atoms with Crippen LogP contribution in [-0.4, -0.2) is 15.2 Å². The number of H-pyrrole nitrogens is 1. The fourth-order valence-corrected chi connectivity index (χ4v) is 1.18. The van der Waals surface area contributed by atoms with E-state index in [4.69, 9.17) is 5.73 Å². The molecule has 12 heavy (non-hydrogen) atoms. The van der Waals surface area contributed by atoms with Crippen molar-refractivity contribution in [2.24, 2.45) is 5.73 Å². The smallest absolute Gasteiger partial charge is 0.181 e. The van der Waals surface area contributed by atoms with Crippen molar-refractivity contribution in [1.82, 2.24) is 15.2 Å². The van der Waals surface area contributed by atoms with Crippen molar-refractivity contribution >= 4 is 11.0 Å². The normalized spacial score (nSPS) is 10.8. The zero-order valence-corrected chi connectivity index (χ0v) is 6.83. The van der Waals surface area contributed by atoms with E-state index in [9.17, 15) is 0 Å². The predicted molar refractivity (Wildman–Crippen MR) is 46.5 cm³/mol. The molecule has 0 bridgehead atoms. The maximum Gasteiger partial charge on any atom is 0.181 e. The summed E-state index contributed by atoms with van der Waals surface area (Å²) in [6.07, 6.45) is 0. The number of aryl methyl sites for hydroxylation is 1. The van der Waals surface area contributed by atoms with E-state index in [1.807, 2.05) is 19.1 Å². The summed E-state index contributed by atoms with van der Waals surface area (Å²) in [5, 5.41) is 7.97. The van der Waals surface area contributed by atoms with Gasteiger partial charge in [-0.05, 0) is 19.1 Å². The molecule has 4 nitrogen and oxygen atoms in total. The van der Waals surface area contributed by atoms with Crippen LogP contribution in [-0.2, 0) is 6.54 Å². The molecule has 0 atom stereocenters. The lowest BCUT2D eigenvalue weighted by Crippen LogP contribution is -1.98. The summed E-state index contributed by atoms with van der Waals surface area (Å²) in [6, 6.07) is 3.91. The summed E-state index contributed by atoms with van der Waals surface area (Å²) < 4.78 is 0. The number of aromatic amines is 1. The third kappa shape index (κ3) is 0.967. The molecule has 0 radical (unpaired) electrons. The molecule has 0 aromatic carbocycles. The van der Waals surface area contributed by atoms with Crippen LogP contribution >= 0.6 is 0 Å². The Labute approximate surface area is 69.8 Å². The average molecular weight is 162 g/mol. The van der Waals surface area contributed by atoms with E-state index in [0.29, 0.717) is 6.54 Å². The minimum atomic E-state index is 0.460. The molecule has 0 aliphatic carbocycles. The van der Waals surface area contributed by atoms with Crippen LogP contribution in [0.3, 0.4) is 0 Å². The van der Waals surface area contributed by atoms with Crippen LogP contribution in [0, 0.1) is 6.92 Å². The second kappa shape index (κ2) is 2.57. The van der Waals surface area contributed by atoms with E-state index in [0.717, 1.165) is 22.4 Å². The lowest BCUT2D eigenvalue weighted by molar-refractivity contribution is 0.989. The number of aromatic nitrogens is 3. The monoisotopic (exact) mass is 162 g/mol. The van der Waals surface area contributed by atoms with Crippen molar-refractivity contribution in [3.8, 4) is 0 Å².